The lowest BCUT2D eigenvalue weighted by Gasteiger charge is -2.31. The maximum Gasteiger partial charge on any atom is 0.274 e. The van der Waals surface area contributed by atoms with Crippen molar-refractivity contribution in [2.75, 3.05) is 13.1 Å². The first-order valence-corrected chi connectivity index (χ1v) is 8.45. The van der Waals surface area contributed by atoms with Gasteiger partial charge in [0.1, 0.15) is 0 Å². The van der Waals surface area contributed by atoms with Crippen LogP contribution in [0.4, 0.5) is 0 Å². The van der Waals surface area contributed by atoms with E-state index in [9.17, 15) is 9.59 Å². The summed E-state index contributed by atoms with van der Waals surface area (Å²) in [7, 11) is 0. The molecule has 1 aliphatic heterocycles. The maximum absolute atomic E-state index is 12.8. The quantitative estimate of drug-likeness (QED) is 0.788. The third kappa shape index (κ3) is 3.05. The summed E-state index contributed by atoms with van der Waals surface area (Å²) in [6.45, 7) is 2.01. The van der Waals surface area contributed by atoms with Crippen molar-refractivity contribution in [1.82, 2.24) is 24.6 Å². The van der Waals surface area contributed by atoms with Gasteiger partial charge in [-0.25, -0.2) is 4.98 Å². The lowest BCUT2D eigenvalue weighted by atomic mass is 9.96. The lowest BCUT2D eigenvalue weighted by Crippen LogP contribution is -2.40. The number of hydrogen-bond donors (Lipinski definition) is 1. The molecule has 1 fully saturated rings. The van der Waals surface area contributed by atoms with E-state index >= 15 is 0 Å². The number of nitrogens with one attached hydrogen (secondary N) is 1. The monoisotopic (exact) mass is 337 g/mol. The molecule has 25 heavy (non-hydrogen) atoms. The Kier molecular flexibility index (Phi) is 4.05. The van der Waals surface area contributed by atoms with Crippen LogP contribution in [0.2, 0.25) is 0 Å². The highest BCUT2D eigenvalue weighted by atomic mass is 16.2. The first-order valence-electron chi connectivity index (χ1n) is 8.45. The van der Waals surface area contributed by atoms with Gasteiger partial charge in [-0.2, -0.15) is 5.10 Å². The third-order valence-electron chi connectivity index (χ3n) is 4.82. The largest absolute Gasteiger partial charge is 0.337 e. The number of para-hydroxylation sites is 1. The van der Waals surface area contributed by atoms with Gasteiger partial charge in [0.25, 0.3) is 11.5 Å². The van der Waals surface area contributed by atoms with Gasteiger partial charge >= 0.3 is 0 Å². The molecule has 1 N–H and O–H groups in total. The molecule has 0 bridgehead atoms. The SMILES string of the molecule is O=C(c1n[nH]c2ccccc12)N1CCC(Cn2cnccc2=O)CC1. The molecule has 7 heteroatoms. The van der Waals surface area contributed by atoms with E-state index in [2.05, 4.69) is 15.2 Å². The Labute approximate surface area is 144 Å². The van der Waals surface area contributed by atoms with Gasteiger partial charge in [0.15, 0.2) is 5.69 Å². The number of aromatic amines is 1. The number of amides is 1. The van der Waals surface area contributed by atoms with Gasteiger partial charge in [-0.3, -0.25) is 19.3 Å². The number of rotatable bonds is 3. The van der Waals surface area contributed by atoms with E-state index < -0.39 is 0 Å². The normalized spacial score (nSPS) is 15.6. The molecule has 3 aromatic rings. The Balaban J connectivity index is 1.42. The summed E-state index contributed by atoms with van der Waals surface area (Å²) in [5.41, 5.74) is 1.32. The summed E-state index contributed by atoms with van der Waals surface area (Å²) in [6.07, 6.45) is 4.83. The molecular weight excluding hydrogens is 318 g/mol. The number of H-pyrrole nitrogens is 1. The van der Waals surface area contributed by atoms with Gasteiger partial charge in [-0.05, 0) is 24.8 Å². The van der Waals surface area contributed by atoms with Gasteiger partial charge < -0.3 is 4.90 Å². The first-order chi connectivity index (χ1) is 12.2. The second-order valence-electron chi connectivity index (χ2n) is 6.42. The Morgan fingerprint density at radius 1 is 1.20 bits per heavy atom. The summed E-state index contributed by atoms with van der Waals surface area (Å²) in [6, 6.07) is 9.12. The highest BCUT2D eigenvalue weighted by Crippen LogP contribution is 2.22. The zero-order valence-corrected chi connectivity index (χ0v) is 13.8. The van der Waals surface area contributed by atoms with Crippen LogP contribution < -0.4 is 5.56 Å². The summed E-state index contributed by atoms with van der Waals surface area (Å²) in [4.78, 5) is 30.4. The topological polar surface area (TPSA) is 83.9 Å². The van der Waals surface area contributed by atoms with Crippen LogP contribution in [0.25, 0.3) is 10.9 Å². The first kappa shape index (κ1) is 15.6. The molecule has 1 aromatic carbocycles. The Morgan fingerprint density at radius 2 is 2.00 bits per heavy atom. The van der Waals surface area contributed by atoms with Gasteiger partial charge in [0.05, 0.1) is 11.8 Å². The standard InChI is InChI=1S/C18H19N5O2/c24-16-5-8-19-12-23(16)11-13-6-9-22(10-7-13)18(25)17-14-3-1-2-4-15(14)20-21-17/h1-5,8,12-13H,6-7,9-11H2,(H,20,21). The predicted molar refractivity (Wildman–Crippen MR) is 93.2 cm³/mol. The number of hydrogen-bond acceptors (Lipinski definition) is 4. The number of piperidine rings is 1. The van der Waals surface area contributed by atoms with Crippen LogP contribution >= 0.6 is 0 Å². The van der Waals surface area contributed by atoms with Crippen molar-refractivity contribution in [2.45, 2.75) is 19.4 Å². The predicted octanol–water partition coefficient (Wildman–Crippen LogP) is 1.67. The van der Waals surface area contributed by atoms with E-state index in [0.29, 0.717) is 31.2 Å². The van der Waals surface area contributed by atoms with Gasteiger partial charge in [-0.1, -0.05) is 18.2 Å². The number of likely N-dealkylation sites (tertiary alicyclic amines) is 1. The Hall–Kier alpha value is -2.96. The number of carbonyl (C=O) groups excluding carboxylic acids is 1. The highest BCUT2D eigenvalue weighted by Gasteiger charge is 2.26. The summed E-state index contributed by atoms with van der Waals surface area (Å²) < 4.78 is 1.64. The van der Waals surface area contributed by atoms with Crippen LogP contribution in [0, 0.1) is 5.92 Å². The van der Waals surface area contributed by atoms with Gasteiger partial charge in [-0.15, -0.1) is 0 Å². The van der Waals surface area contributed by atoms with Crippen molar-refractivity contribution in [3.8, 4) is 0 Å². The van der Waals surface area contributed by atoms with Crippen LogP contribution in [0.15, 0.2) is 47.7 Å². The lowest BCUT2D eigenvalue weighted by molar-refractivity contribution is 0.0678. The molecule has 1 aliphatic rings. The molecule has 4 rings (SSSR count). The van der Waals surface area contributed by atoms with E-state index in [1.165, 1.54) is 12.3 Å². The van der Waals surface area contributed by atoms with E-state index in [4.69, 9.17) is 0 Å². The fourth-order valence-electron chi connectivity index (χ4n) is 3.39. The second kappa shape index (κ2) is 6.51. The van der Waals surface area contributed by atoms with Gasteiger partial charge in [0, 0.05) is 37.3 Å². The molecule has 128 valence electrons. The number of fused-ring (bicyclic) bond motifs is 1. The van der Waals surface area contributed by atoms with Crippen LogP contribution in [0.3, 0.4) is 0 Å². The van der Waals surface area contributed by atoms with Crippen LogP contribution in [0.1, 0.15) is 23.3 Å². The zero-order chi connectivity index (χ0) is 17.2. The number of aromatic nitrogens is 4. The number of carbonyl (C=O) groups is 1. The molecule has 0 saturated carbocycles. The van der Waals surface area contributed by atoms with E-state index in [1.54, 1.807) is 10.9 Å². The molecule has 0 atom stereocenters. The molecule has 0 radical (unpaired) electrons. The van der Waals surface area contributed by atoms with Crippen molar-refractivity contribution in [1.29, 1.82) is 0 Å². The fourth-order valence-corrected chi connectivity index (χ4v) is 3.39. The van der Waals surface area contributed by atoms with Crippen molar-refractivity contribution in [2.24, 2.45) is 5.92 Å². The summed E-state index contributed by atoms with van der Waals surface area (Å²) in [5, 5.41) is 7.97. The van der Waals surface area contributed by atoms with Crippen molar-refractivity contribution in [3.63, 3.8) is 0 Å². The van der Waals surface area contributed by atoms with E-state index in [-0.39, 0.29) is 11.5 Å². The number of nitrogens with zero attached hydrogens (tertiary/aromatic N) is 4. The Bertz CT molecular complexity index is 953. The average Bonchev–Trinajstić information content (AvgIpc) is 3.08. The van der Waals surface area contributed by atoms with Crippen molar-refractivity contribution >= 4 is 16.8 Å². The molecular formula is C18H19N5O2. The van der Waals surface area contributed by atoms with Gasteiger partial charge in [0.2, 0.25) is 0 Å². The summed E-state index contributed by atoms with van der Waals surface area (Å²) >= 11 is 0. The highest BCUT2D eigenvalue weighted by molar-refractivity contribution is 6.04. The fraction of sp³-hybridized carbons (Fsp3) is 0.333. The zero-order valence-electron chi connectivity index (χ0n) is 13.8. The molecule has 0 aliphatic carbocycles. The molecule has 7 nitrogen and oxygen atoms in total. The van der Waals surface area contributed by atoms with Crippen LogP contribution in [0.5, 0.6) is 0 Å². The molecule has 1 amide bonds. The molecule has 1 saturated heterocycles. The third-order valence-corrected chi connectivity index (χ3v) is 4.82. The minimum Gasteiger partial charge on any atom is -0.337 e. The molecule has 3 heterocycles. The Morgan fingerprint density at radius 3 is 2.80 bits per heavy atom. The van der Waals surface area contributed by atoms with E-state index in [1.807, 2.05) is 29.2 Å². The second-order valence-corrected chi connectivity index (χ2v) is 6.42. The minimum absolute atomic E-state index is 0.0310. The molecule has 2 aromatic heterocycles. The smallest absolute Gasteiger partial charge is 0.274 e. The van der Waals surface area contributed by atoms with Crippen LogP contribution in [-0.4, -0.2) is 43.6 Å². The van der Waals surface area contributed by atoms with Crippen molar-refractivity contribution < 1.29 is 4.79 Å². The maximum atomic E-state index is 12.8. The van der Waals surface area contributed by atoms with E-state index in [0.717, 1.165) is 23.7 Å². The average molecular weight is 337 g/mol. The summed E-state index contributed by atoms with van der Waals surface area (Å²) in [5.74, 6) is 0.344. The van der Waals surface area contributed by atoms with Crippen LogP contribution in [-0.2, 0) is 6.54 Å². The molecule has 0 spiro atoms. The number of benzene rings is 1. The van der Waals surface area contributed by atoms with Crippen molar-refractivity contribution in [3.05, 3.63) is 58.9 Å². The molecule has 0 unspecified atom stereocenters. The minimum atomic E-state index is -0.0329.